The van der Waals surface area contributed by atoms with Crippen molar-refractivity contribution in [1.29, 1.82) is 5.26 Å². The van der Waals surface area contributed by atoms with Gasteiger partial charge in [-0.05, 0) is 43.2 Å². The molecule has 8 heteroatoms. The van der Waals surface area contributed by atoms with Gasteiger partial charge in [-0.3, -0.25) is 0 Å². The molecule has 5 nitrogen and oxygen atoms in total. The molecule has 2 aromatic rings. The van der Waals surface area contributed by atoms with E-state index in [1.807, 2.05) is 11.0 Å². The maximum absolute atomic E-state index is 12.8. The standard InChI is InChI=1S/C16H14F3N5/c17-16(18,19)11-3-5-13(10(8-11)9-20)24-7-1-2-14(24)12-4-6-15(21)23-22-12/h3-6,8,14H,1-2,7H2,(H2,21,23). The van der Waals surface area contributed by atoms with Gasteiger partial charge in [0.25, 0.3) is 0 Å². The number of hydrogen-bond acceptors (Lipinski definition) is 5. The molecule has 24 heavy (non-hydrogen) atoms. The molecule has 1 saturated heterocycles. The van der Waals surface area contributed by atoms with Crippen LogP contribution in [0.2, 0.25) is 0 Å². The minimum absolute atomic E-state index is 0.000120. The van der Waals surface area contributed by atoms with Crippen molar-refractivity contribution >= 4 is 11.5 Å². The normalized spacial score (nSPS) is 17.8. The van der Waals surface area contributed by atoms with Gasteiger partial charge in [-0.2, -0.15) is 23.5 Å². The Kier molecular flexibility index (Phi) is 4.01. The summed E-state index contributed by atoms with van der Waals surface area (Å²) in [7, 11) is 0. The number of nitriles is 1. The lowest BCUT2D eigenvalue weighted by Gasteiger charge is -2.27. The van der Waals surface area contributed by atoms with Crippen LogP contribution in [-0.4, -0.2) is 16.7 Å². The lowest BCUT2D eigenvalue weighted by atomic mass is 10.1. The van der Waals surface area contributed by atoms with E-state index in [9.17, 15) is 18.4 Å². The van der Waals surface area contributed by atoms with Crippen molar-refractivity contribution in [2.45, 2.75) is 25.1 Å². The molecule has 1 fully saturated rings. The smallest absolute Gasteiger partial charge is 0.382 e. The first kappa shape index (κ1) is 16.1. The molecule has 0 spiro atoms. The molecule has 1 aromatic carbocycles. The van der Waals surface area contributed by atoms with Gasteiger partial charge in [0, 0.05) is 6.54 Å². The zero-order valence-electron chi connectivity index (χ0n) is 12.6. The Morgan fingerprint density at radius 1 is 1.21 bits per heavy atom. The Bertz CT molecular complexity index is 780. The minimum Gasteiger partial charge on any atom is -0.382 e. The fraction of sp³-hybridized carbons (Fsp3) is 0.312. The van der Waals surface area contributed by atoms with E-state index in [1.54, 1.807) is 12.1 Å². The third kappa shape index (κ3) is 2.97. The van der Waals surface area contributed by atoms with Crippen LogP contribution in [0.4, 0.5) is 24.7 Å². The van der Waals surface area contributed by atoms with Crippen molar-refractivity contribution in [2.75, 3.05) is 17.2 Å². The maximum Gasteiger partial charge on any atom is 0.416 e. The van der Waals surface area contributed by atoms with Gasteiger partial charge in [-0.25, -0.2) is 0 Å². The number of alkyl halides is 3. The quantitative estimate of drug-likeness (QED) is 0.912. The Hall–Kier alpha value is -2.82. The van der Waals surface area contributed by atoms with Crippen LogP contribution < -0.4 is 10.6 Å². The van der Waals surface area contributed by atoms with Crippen molar-refractivity contribution in [1.82, 2.24) is 10.2 Å². The van der Waals surface area contributed by atoms with Gasteiger partial charge >= 0.3 is 6.18 Å². The molecule has 1 atom stereocenters. The predicted octanol–water partition coefficient (Wildman–Crippen LogP) is 3.29. The zero-order chi connectivity index (χ0) is 17.3. The molecule has 1 aromatic heterocycles. The van der Waals surface area contributed by atoms with Crippen LogP contribution in [-0.2, 0) is 6.18 Å². The van der Waals surface area contributed by atoms with E-state index >= 15 is 0 Å². The number of benzene rings is 1. The Morgan fingerprint density at radius 3 is 2.62 bits per heavy atom. The number of nitrogens with two attached hydrogens (primary N) is 1. The summed E-state index contributed by atoms with van der Waals surface area (Å²) in [4.78, 5) is 1.90. The second-order valence-corrected chi connectivity index (χ2v) is 5.58. The highest BCUT2D eigenvalue weighted by Crippen LogP contribution is 2.39. The van der Waals surface area contributed by atoms with E-state index in [1.165, 1.54) is 6.07 Å². The number of aromatic nitrogens is 2. The van der Waals surface area contributed by atoms with Crippen LogP contribution in [0.25, 0.3) is 0 Å². The fourth-order valence-corrected chi connectivity index (χ4v) is 2.95. The van der Waals surface area contributed by atoms with Crippen molar-refractivity contribution in [3.05, 3.63) is 47.2 Å². The first-order valence-electron chi connectivity index (χ1n) is 7.37. The average molecular weight is 333 g/mol. The van der Waals surface area contributed by atoms with Gasteiger partial charge in [0.1, 0.15) is 11.9 Å². The van der Waals surface area contributed by atoms with Gasteiger partial charge in [-0.15, -0.1) is 5.10 Å². The predicted molar refractivity (Wildman–Crippen MR) is 81.9 cm³/mol. The van der Waals surface area contributed by atoms with E-state index in [0.717, 1.165) is 25.0 Å². The highest BCUT2D eigenvalue weighted by Gasteiger charge is 2.33. The lowest BCUT2D eigenvalue weighted by Crippen LogP contribution is -2.24. The summed E-state index contributed by atoms with van der Waals surface area (Å²) in [5.41, 5.74) is 5.87. The fourth-order valence-electron chi connectivity index (χ4n) is 2.95. The topological polar surface area (TPSA) is 78.8 Å². The SMILES string of the molecule is N#Cc1cc(C(F)(F)F)ccc1N1CCCC1c1ccc(N)nn1. The second kappa shape index (κ2) is 6.00. The Morgan fingerprint density at radius 2 is 2.00 bits per heavy atom. The number of nitrogens with zero attached hydrogens (tertiary/aromatic N) is 4. The van der Waals surface area contributed by atoms with E-state index in [2.05, 4.69) is 10.2 Å². The number of anilines is 2. The summed E-state index contributed by atoms with van der Waals surface area (Å²) >= 11 is 0. The first-order chi connectivity index (χ1) is 11.4. The molecular weight excluding hydrogens is 319 g/mol. The number of rotatable bonds is 2. The molecule has 1 aliphatic rings. The molecule has 0 radical (unpaired) electrons. The minimum atomic E-state index is -4.48. The van der Waals surface area contributed by atoms with Crippen LogP contribution in [0.3, 0.4) is 0 Å². The lowest BCUT2D eigenvalue weighted by molar-refractivity contribution is -0.137. The molecule has 3 rings (SSSR count). The molecule has 1 unspecified atom stereocenters. The first-order valence-corrected chi connectivity index (χ1v) is 7.37. The van der Waals surface area contributed by atoms with Gasteiger partial charge in [-0.1, -0.05) is 0 Å². The summed E-state index contributed by atoms with van der Waals surface area (Å²) in [6.07, 6.45) is -2.84. The largest absolute Gasteiger partial charge is 0.416 e. The van der Waals surface area contributed by atoms with Gasteiger partial charge in [0.05, 0.1) is 28.6 Å². The summed E-state index contributed by atoms with van der Waals surface area (Å²) < 4.78 is 38.5. The zero-order valence-corrected chi connectivity index (χ0v) is 12.6. The van der Waals surface area contributed by atoms with Gasteiger partial charge in [0.2, 0.25) is 0 Å². The van der Waals surface area contributed by atoms with Crippen LogP contribution in [0.15, 0.2) is 30.3 Å². The monoisotopic (exact) mass is 333 g/mol. The third-order valence-corrected chi connectivity index (χ3v) is 4.05. The molecule has 1 aliphatic heterocycles. The summed E-state index contributed by atoms with van der Waals surface area (Å²) in [5, 5.41) is 17.2. The van der Waals surface area contributed by atoms with E-state index in [0.29, 0.717) is 23.7 Å². The summed E-state index contributed by atoms with van der Waals surface area (Å²) in [6, 6.07) is 8.36. The summed E-state index contributed by atoms with van der Waals surface area (Å²) in [5.74, 6) is 0.301. The molecule has 0 saturated carbocycles. The van der Waals surface area contributed by atoms with E-state index in [4.69, 9.17) is 5.73 Å². The van der Waals surface area contributed by atoms with Crippen LogP contribution in [0, 0.1) is 11.3 Å². The van der Waals surface area contributed by atoms with Gasteiger partial charge < -0.3 is 10.6 Å². The molecule has 2 heterocycles. The van der Waals surface area contributed by atoms with Crippen molar-refractivity contribution in [3.63, 3.8) is 0 Å². The van der Waals surface area contributed by atoms with Crippen molar-refractivity contribution in [2.24, 2.45) is 0 Å². The van der Waals surface area contributed by atoms with Crippen LogP contribution >= 0.6 is 0 Å². The average Bonchev–Trinajstić information content (AvgIpc) is 3.03. The van der Waals surface area contributed by atoms with Crippen molar-refractivity contribution in [3.8, 4) is 6.07 Å². The van der Waals surface area contributed by atoms with Crippen molar-refractivity contribution < 1.29 is 13.2 Å². The molecule has 0 bridgehead atoms. The van der Waals surface area contributed by atoms with E-state index in [-0.39, 0.29) is 11.6 Å². The maximum atomic E-state index is 12.8. The number of halogens is 3. The molecular formula is C16H14F3N5. The van der Waals surface area contributed by atoms with Crippen LogP contribution in [0.1, 0.15) is 35.7 Å². The Balaban J connectivity index is 1.98. The van der Waals surface area contributed by atoms with Crippen LogP contribution in [0.5, 0.6) is 0 Å². The molecule has 0 aliphatic carbocycles. The third-order valence-electron chi connectivity index (χ3n) is 4.05. The number of nitrogen functional groups attached to an aromatic ring is 1. The Labute approximate surface area is 136 Å². The molecule has 2 N–H and O–H groups in total. The highest BCUT2D eigenvalue weighted by atomic mass is 19.4. The molecule has 0 amide bonds. The molecule has 124 valence electrons. The van der Waals surface area contributed by atoms with E-state index < -0.39 is 11.7 Å². The van der Waals surface area contributed by atoms with Gasteiger partial charge in [0.15, 0.2) is 0 Å². The summed E-state index contributed by atoms with van der Waals surface area (Å²) in [6.45, 7) is 0.636. The second-order valence-electron chi connectivity index (χ2n) is 5.58. The highest BCUT2D eigenvalue weighted by molar-refractivity contribution is 5.62. The number of hydrogen-bond donors (Lipinski definition) is 1.